The Kier molecular flexibility index (Phi) is 10.8. The van der Waals surface area contributed by atoms with Gasteiger partial charge < -0.3 is 4.74 Å². The maximum atomic E-state index is 5.59. The maximum absolute atomic E-state index is 5.59. The minimum Gasteiger partial charge on any atom is -0.494 e. The van der Waals surface area contributed by atoms with Crippen molar-refractivity contribution in [2.24, 2.45) is 11.8 Å². The summed E-state index contributed by atoms with van der Waals surface area (Å²) in [7, 11) is -0.307. The Bertz CT molecular complexity index is 553. The van der Waals surface area contributed by atoms with Crippen molar-refractivity contribution in [2.45, 2.75) is 121 Å². The molecule has 0 atom stereocenters. The predicted octanol–water partition coefficient (Wildman–Crippen LogP) is 8.75. The molecular weight excluding hydrogens is 380 g/mol. The topological polar surface area (TPSA) is 9.23 Å². The van der Waals surface area contributed by atoms with Crippen LogP contribution in [0.25, 0.3) is 0 Å². The van der Waals surface area contributed by atoms with E-state index in [4.69, 9.17) is 4.74 Å². The highest BCUT2D eigenvalue weighted by molar-refractivity contribution is 6.58. The number of hydrogen-bond donors (Lipinski definition) is 0. The monoisotopic (exact) mass is 428 g/mol. The number of unbranched alkanes of at least 4 members (excludes halogenated alkanes) is 3. The van der Waals surface area contributed by atoms with Crippen molar-refractivity contribution in [1.29, 1.82) is 0 Å². The molecule has 0 bridgehead atoms. The molecule has 0 spiro atoms. The molecule has 0 amide bonds. The molecule has 1 heterocycles. The average Bonchev–Trinajstić information content (AvgIpc) is 2.79. The van der Waals surface area contributed by atoms with E-state index >= 15 is 0 Å². The molecule has 1 saturated heterocycles. The summed E-state index contributed by atoms with van der Waals surface area (Å²) in [5.41, 5.74) is 1.53. The number of rotatable bonds is 12. The molecule has 1 nitrogen and oxygen atoms in total. The molecule has 2 aliphatic rings. The molecule has 1 aliphatic carbocycles. The van der Waals surface area contributed by atoms with E-state index in [0.717, 1.165) is 30.1 Å². The van der Waals surface area contributed by atoms with E-state index in [9.17, 15) is 0 Å². The van der Waals surface area contributed by atoms with Gasteiger partial charge in [0.05, 0.1) is 6.61 Å². The smallest absolute Gasteiger partial charge is 0.119 e. The van der Waals surface area contributed by atoms with Crippen LogP contribution in [0.4, 0.5) is 0 Å². The first-order valence-corrected chi connectivity index (χ1v) is 16.0. The zero-order chi connectivity index (χ0) is 21.0. The number of ether oxygens (including phenoxy) is 1. The molecule has 0 unspecified atom stereocenters. The Morgan fingerprint density at radius 2 is 1.40 bits per heavy atom. The van der Waals surface area contributed by atoms with Gasteiger partial charge in [0.15, 0.2) is 0 Å². The summed E-state index contributed by atoms with van der Waals surface area (Å²) in [5, 5.41) is 0. The number of benzene rings is 1. The van der Waals surface area contributed by atoms with Crippen LogP contribution in [0.2, 0.25) is 18.1 Å². The molecule has 1 aromatic carbocycles. The quantitative estimate of drug-likeness (QED) is 0.239. The lowest BCUT2D eigenvalue weighted by molar-refractivity contribution is 0.297. The lowest BCUT2D eigenvalue weighted by atomic mass is 9.77. The fourth-order valence-electron chi connectivity index (χ4n) is 6.15. The van der Waals surface area contributed by atoms with Crippen LogP contribution in [-0.2, 0) is 0 Å². The third kappa shape index (κ3) is 8.06. The minimum atomic E-state index is -0.307. The van der Waals surface area contributed by atoms with Gasteiger partial charge >= 0.3 is 0 Å². The van der Waals surface area contributed by atoms with E-state index < -0.39 is 0 Å². The van der Waals surface area contributed by atoms with Crippen molar-refractivity contribution in [3.8, 4) is 5.75 Å². The highest BCUT2D eigenvalue weighted by atomic mass is 28.3. The van der Waals surface area contributed by atoms with Crippen molar-refractivity contribution < 1.29 is 4.74 Å². The summed E-state index contributed by atoms with van der Waals surface area (Å²) in [4.78, 5) is 0. The molecule has 170 valence electrons. The standard InChI is InChI=1S/C28H48OSi/c1-3-5-8-21-30-22-19-25(20-23-30)10-7-6-9-24-11-13-26(14-12-24)27-15-17-28(18-16-27)29-4-2/h15-18,24-26,30H,3-14,19-23H2,1-2H3. The van der Waals surface area contributed by atoms with Gasteiger partial charge in [-0.15, -0.1) is 0 Å². The second kappa shape index (κ2) is 13.6. The highest BCUT2D eigenvalue weighted by Crippen LogP contribution is 2.38. The van der Waals surface area contributed by atoms with Crippen LogP contribution in [0.5, 0.6) is 5.75 Å². The van der Waals surface area contributed by atoms with E-state index in [1.165, 1.54) is 69.8 Å². The third-order valence-corrected chi connectivity index (χ3v) is 11.7. The molecule has 1 aromatic rings. The molecule has 2 heteroatoms. The van der Waals surface area contributed by atoms with Gasteiger partial charge in [0.2, 0.25) is 0 Å². The fourth-order valence-corrected chi connectivity index (χ4v) is 9.76. The van der Waals surface area contributed by atoms with Crippen molar-refractivity contribution >= 4 is 8.80 Å². The Hall–Kier alpha value is -0.763. The van der Waals surface area contributed by atoms with Crippen LogP contribution in [0.1, 0.15) is 109 Å². The van der Waals surface area contributed by atoms with Gasteiger partial charge in [-0.2, -0.15) is 0 Å². The van der Waals surface area contributed by atoms with Gasteiger partial charge in [-0.05, 0) is 68.1 Å². The number of hydrogen-bond acceptors (Lipinski definition) is 1. The summed E-state index contributed by atoms with van der Waals surface area (Å²) < 4.78 is 5.59. The van der Waals surface area contributed by atoms with Gasteiger partial charge in [-0.1, -0.05) is 95.0 Å². The second-order valence-corrected chi connectivity index (χ2v) is 13.9. The van der Waals surface area contributed by atoms with Crippen molar-refractivity contribution in [1.82, 2.24) is 0 Å². The van der Waals surface area contributed by atoms with E-state index in [-0.39, 0.29) is 8.80 Å². The van der Waals surface area contributed by atoms with E-state index in [2.05, 4.69) is 38.1 Å². The first kappa shape index (κ1) is 23.9. The molecule has 1 saturated carbocycles. The molecule has 30 heavy (non-hydrogen) atoms. The summed E-state index contributed by atoms with van der Waals surface area (Å²) in [5.74, 6) is 3.90. The first-order valence-electron chi connectivity index (χ1n) is 13.5. The second-order valence-electron chi connectivity index (χ2n) is 10.4. The van der Waals surface area contributed by atoms with Crippen LogP contribution in [0.15, 0.2) is 24.3 Å². The normalized spacial score (nSPS) is 27.1. The molecule has 3 rings (SSSR count). The van der Waals surface area contributed by atoms with Crippen LogP contribution >= 0.6 is 0 Å². The summed E-state index contributed by atoms with van der Waals surface area (Å²) in [6.07, 6.45) is 19.3. The van der Waals surface area contributed by atoms with E-state index in [1.54, 1.807) is 37.4 Å². The van der Waals surface area contributed by atoms with Gasteiger partial charge in [-0.3, -0.25) is 0 Å². The van der Waals surface area contributed by atoms with E-state index in [1.807, 2.05) is 0 Å². The molecule has 0 N–H and O–H groups in total. The lowest BCUT2D eigenvalue weighted by Crippen LogP contribution is -2.21. The van der Waals surface area contributed by atoms with Crippen LogP contribution < -0.4 is 4.74 Å². The van der Waals surface area contributed by atoms with Gasteiger partial charge in [0, 0.05) is 8.80 Å². The van der Waals surface area contributed by atoms with Crippen LogP contribution in [-0.4, -0.2) is 15.4 Å². The summed E-state index contributed by atoms with van der Waals surface area (Å²) in [6.45, 7) is 5.15. The van der Waals surface area contributed by atoms with Crippen molar-refractivity contribution in [2.75, 3.05) is 6.61 Å². The Morgan fingerprint density at radius 1 is 0.767 bits per heavy atom. The highest BCUT2D eigenvalue weighted by Gasteiger charge is 2.23. The largest absolute Gasteiger partial charge is 0.494 e. The molecule has 1 aliphatic heterocycles. The van der Waals surface area contributed by atoms with Gasteiger partial charge in [0.1, 0.15) is 5.75 Å². The Labute approximate surface area is 189 Å². The fraction of sp³-hybridized carbons (Fsp3) is 0.786. The van der Waals surface area contributed by atoms with Crippen LogP contribution in [0, 0.1) is 11.8 Å². The third-order valence-electron chi connectivity index (χ3n) is 8.17. The SMILES string of the molecule is CCCCC[SiH]1CCC(CCCCC2CCC(c3ccc(OCC)cc3)CC2)CC1. The first-order chi connectivity index (χ1) is 14.8. The Morgan fingerprint density at radius 3 is 2.00 bits per heavy atom. The summed E-state index contributed by atoms with van der Waals surface area (Å²) in [6, 6.07) is 13.9. The lowest BCUT2D eigenvalue weighted by Gasteiger charge is -2.30. The predicted molar refractivity (Wildman–Crippen MR) is 135 cm³/mol. The zero-order valence-corrected chi connectivity index (χ0v) is 21.2. The molecular formula is C28H48OSi. The average molecular weight is 429 g/mol. The minimum absolute atomic E-state index is 0.307. The van der Waals surface area contributed by atoms with Crippen molar-refractivity contribution in [3.63, 3.8) is 0 Å². The molecule has 2 fully saturated rings. The van der Waals surface area contributed by atoms with Gasteiger partial charge in [0.25, 0.3) is 0 Å². The van der Waals surface area contributed by atoms with Gasteiger partial charge in [-0.25, -0.2) is 0 Å². The molecule has 0 aromatic heterocycles. The Balaban J connectivity index is 1.23. The maximum Gasteiger partial charge on any atom is 0.119 e. The molecule has 0 radical (unpaired) electrons. The zero-order valence-electron chi connectivity index (χ0n) is 20.0. The van der Waals surface area contributed by atoms with Crippen molar-refractivity contribution in [3.05, 3.63) is 29.8 Å². The summed E-state index contributed by atoms with van der Waals surface area (Å²) >= 11 is 0. The van der Waals surface area contributed by atoms with E-state index in [0.29, 0.717) is 0 Å². The van der Waals surface area contributed by atoms with Crippen LogP contribution in [0.3, 0.4) is 0 Å².